The minimum atomic E-state index is -0.00212. The molecule has 1 aliphatic heterocycles. The molecule has 8 nitrogen and oxygen atoms in total. The average Bonchev–Trinajstić information content (AvgIpc) is 3.37. The van der Waals surface area contributed by atoms with Gasteiger partial charge in [-0.15, -0.1) is 0 Å². The molecule has 2 unspecified atom stereocenters. The molecule has 0 aliphatic carbocycles. The molecule has 0 spiro atoms. The number of hydrogen-bond acceptors (Lipinski definition) is 6. The van der Waals surface area contributed by atoms with Gasteiger partial charge in [-0.05, 0) is 49.9 Å². The number of aryl methyl sites for hydroxylation is 1. The molecule has 4 aromatic rings. The Balaban J connectivity index is 1.41. The molecule has 1 aliphatic rings. The Morgan fingerprint density at radius 1 is 1.21 bits per heavy atom. The fourth-order valence-corrected chi connectivity index (χ4v) is 5.06. The van der Waals surface area contributed by atoms with Gasteiger partial charge in [-0.1, -0.05) is 40.5 Å². The molecule has 2 aromatic carbocycles. The summed E-state index contributed by atoms with van der Waals surface area (Å²) in [5.74, 6) is 0.904. The first-order valence-corrected chi connectivity index (χ1v) is 12.2. The zero-order chi connectivity index (χ0) is 23.7. The number of fused-ring (bicyclic) bond motifs is 1. The van der Waals surface area contributed by atoms with Gasteiger partial charge < -0.3 is 10.2 Å². The number of aromatic nitrogens is 5. The first-order valence-electron chi connectivity index (χ1n) is 11.4. The number of halogens is 1. The molecule has 1 saturated heterocycles. The van der Waals surface area contributed by atoms with Gasteiger partial charge in [0.15, 0.2) is 0 Å². The lowest BCUT2D eigenvalue weighted by atomic mass is 9.90. The summed E-state index contributed by atoms with van der Waals surface area (Å²) in [6.07, 6.45) is 7.10. The van der Waals surface area contributed by atoms with E-state index in [1.54, 1.807) is 12.4 Å². The Morgan fingerprint density at radius 3 is 2.85 bits per heavy atom. The van der Waals surface area contributed by atoms with E-state index in [-0.39, 0.29) is 11.9 Å². The van der Waals surface area contributed by atoms with Crippen molar-refractivity contribution in [2.45, 2.75) is 32.7 Å². The van der Waals surface area contributed by atoms with Crippen LogP contribution in [0.2, 0.25) is 0 Å². The second-order valence-electron chi connectivity index (χ2n) is 8.77. The highest BCUT2D eigenvalue weighted by molar-refractivity contribution is 9.10. The maximum absolute atomic E-state index is 13.8. The summed E-state index contributed by atoms with van der Waals surface area (Å²) in [6.45, 7) is 5.48. The van der Waals surface area contributed by atoms with E-state index in [2.05, 4.69) is 48.3 Å². The molecule has 9 heteroatoms. The van der Waals surface area contributed by atoms with Crippen LogP contribution in [-0.2, 0) is 0 Å². The molecule has 2 aromatic heterocycles. The van der Waals surface area contributed by atoms with Gasteiger partial charge in [0.1, 0.15) is 0 Å². The summed E-state index contributed by atoms with van der Waals surface area (Å²) in [5.41, 5.74) is 3.19. The molecule has 1 amide bonds. The Morgan fingerprint density at radius 2 is 2.03 bits per heavy atom. The van der Waals surface area contributed by atoms with Crippen molar-refractivity contribution < 1.29 is 4.79 Å². The van der Waals surface area contributed by atoms with Crippen LogP contribution in [0.3, 0.4) is 0 Å². The van der Waals surface area contributed by atoms with Crippen LogP contribution < -0.4 is 5.32 Å². The highest BCUT2D eigenvalue weighted by Crippen LogP contribution is 2.28. The minimum absolute atomic E-state index is 0.00212. The van der Waals surface area contributed by atoms with Gasteiger partial charge in [-0.2, -0.15) is 15.0 Å². The highest BCUT2D eigenvalue weighted by Gasteiger charge is 2.33. The molecule has 2 atom stereocenters. The van der Waals surface area contributed by atoms with E-state index >= 15 is 0 Å². The molecular weight excluding hydrogens is 494 g/mol. The molecule has 0 radical (unpaired) electrons. The van der Waals surface area contributed by atoms with Crippen molar-refractivity contribution in [1.29, 1.82) is 0 Å². The lowest BCUT2D eigenvalue weighted by Gasteiger charge is -2.40. The van der Waals surface area contributed by atoms with Crippen molar-refractivity contribution >= 4 is 38.7 Å². The number of nitrogens with zero attached hydrogens (tertiary/aromatic N) is 6. The van der Waals surface area contributed by atoms with Crippen molar-refractivity contribution in [2.75, 3.05) is 18.4 Å². The van der Waals surface area contributed by atoms with Crippen molar-refractivity contribution in [3.05, 3.63) is 70.6 Å². The zero-order valence-corrected chi connectivity index (χ0v) is 20.7. The largest absolute Gasteiger partial charge is 0.352 e. The molecular formula is C25H26BrN7O. The summed E-state index contributed by atoms with van der Waals surface area (Å²) in [6, 6.07) is 11.7. The maximum Gasteiger partial charge on any atom is 0.256 e. The number of amides is 1. The second-order valence-corrected chi connectivity index (χ2v) is 9.63. The number of benzene rings is 2. The van der Waals surface area contributed by atoms with Gasteiger partial charge in [0.25, 0.3) is 5.91 Å². The number of rotatable bonds is 5. The van der Waals surface area contributed by atoms with E-state index < -0.39 is 0 Å². The van der Waals surface area contributed by atoms with Crippen LogP contribution in [0.5, 0.6) is 0 Å². The predicted molar refractivity (Wildman–Crippen MR) is 135 cm³/mol. The highest BCUT2D eigenvalue weighted by atomic mass is 79.9. The average molecular weight is 520 g/mol. The Bertz CT molecular complexity index is 1320. The molecule has 1 N–H and O–H groups in total. The lowest BCUT2D eigenvalue weighted by Crippen LogP contribution is -2.51. The van der Waals surface area contributed by atoms with Crippen LogP contribution in [0.4, 0.5) is 5.95 Å². The van der Waals surface area contributed by atoms with E-state index in [0.29, 0.717) is 36.2 Å². The Kier molecular flexibility index (Phi) is 6.28. The van der Waals surface area contributed by atoms with Gasteiger partial charge in [0.05, 0.1) is 35.2 Å². The third-order valence-corrected chi connectivity index (χ3v) is 7.13. The van der Waals surface area contributed by atoms with Crippen LogP contribution in [0.15, 0.2) is 59.5 Å². The monoisotopic (exact) mass is 519 g/mol. The lowest BCUT2D eigenvalue weighted by molar-refractivity contribution is 0.0539. The molecule has 0 bridgehead atoms. The SMILES string of the molecule is Cc1ccc(-n2nccn2)c(C(=O)N2CCCC(C)C2CNc2ncc3c(Br)cccc3n2)c1. The van der Waals surface area contributed by atoms with E-state index in [1.807, 2.05) is 54.4 Å². The smallest absolute Gasteiger partial charge is 0.256 e. The van der Waals surface area contributed by atoms with Gasteiger partial charge >= 0.3 is 0 Å². The number of hydrogen-bond donors (Lipinski definition) is 1. The van der Waals surface area contributed by atoms with Crippen LogP contribution in [-0.4, -0.2) is 54.9 Å². The fourth-order valence-electron chi connectivity index (χ4n) is 4.60. The first kappa shape index (κ1) is 22.5. The van der Waals surface area contributed by atoms with E-state index in [1.165, 1.54) is 4.80 Å². The van der Waals surface area contributed by atoms with Crippen LogP contribution in [0, 0.1) is 12.8 Å². The third kappa shape index (κ3) is 4.40. The summed E-state index contributed by atoms with van der Waals surface area (Å²) < 4.78 is 0.967. The molecule has 34 heavy (non-hydrogen) atoms. The zero-order valence-electron chi connectivity index (χ0n) is 19.1. The number of carbonyl (C=O) groups is 1. The van der Waals surface area contributed by atoms with E-state index in [4.69, 9.17) is 0 Å². The quantitative estimate of drug-likeness (QED) is 0.413. The molecule has 0 saturated carbocycles. The molecule has 3 heterocycles. The Labute approximate surface area is 206 Å². The number of nitrogens with one attached hydrogen (secondary N) is 1. The fraction of sp³-hybridized carbons (Fsp3) is 0.320. The topological polar surface area (TPSA) is 88.8 Å². The van der Waals surface area contributed by atoms with Crippen molar-refractivity contribution in [3.8, 4) is 5.69 Å². The van der Waals surface area contributed by atoms with Crippen LogP contribution >= 0.6 is 15.9 Å². The summed E-state index contributed by atoms with van der Waals surface area (Å²) in [7, 11) is 0. The van der Waals surface area contributed by atoms with Gasteiger partial charge in [0, 0.05) is 29.1 Å². The van der Waals surface area contributed by atoms with Gasteiger partial charge in [0.2, 0.25) is 5.95 Å². The number of carbonyl (C=O) groups excluding carboxylic acids is 1. The Hall–Kier alpha value is -3.33. The molecule has 1 fully saturated rings. The van der Waals surface area contributed by atoms with Gasteiger partial charge in [-0.3, -0.25) is 4.79 Å². The minimum Gasteiger partial charge on any atom is -0.352 e. The molecule has 5 rings (SSSR count). The number of anilines is 1. The summed E-state index contributed by atoms with van der Waals surface area (Å²) >= 11 is 3.55. The standard InChI is InChI=1S/C25H26BrN7O/c1-16-8-9-22(33-29-10-11-30-33)18(13-16)24(34)32-12-4-5-17(2)23(32)15-28-25-27-14-19-20(26)6-3-7-21(19)31-25/h3,6-11,13-14,17,23H,4-5,12,15H2,1-2H3,(H,27,28,31). The third-order valence-electron chi connectivity index (χ3n) is 6.43. The van der Waals surface area contributed by atoms with Gasteiger partial charge in [-0.25, -0.2) is 9.97 Å². The first-order chi connectivity index (χ1) is 16.5. The number of piperidine rings is 1. The predicted octanol–water partition coefficient (Wildman–Crippen LogP) is 4.63. The summed E-state index contributed by atoms with van der Waals surface area (Å²) in [4.78, 5) is 26.5. The van der Waals surface area contributed by atoms with Crippen molar-refractivity contribution in [2.24, 2.45) is 5.92 Å². The summed E-state index contributed by atoms with van der Waals surface area (Å²) in [5, 5.41) is 12.8. The van der Waals surface area contributed by atoms with E-state index in [9.17, 15) is 4.79 Å². The maximum atomic E-state index is 13.8. The number of likely N-dealkylation sites (tertiary alicyclic amines) is 1. The van der Waals surface area contributed by atoms with Crippen LogP contribution in [0.1, 0.15) is 35.7 Å². The van der Waals surface area contributed by atoms with E-state index in [0.717, 1.165) is 33.8 Å². The normalized spacial score (nSPS) is 18.3. The van der Waals surface area contributed by atoms with Crippen molar-refractivity contribution in [1.82, 2.24) is 29.9 Å². The second kappa shape index (κ2) is 9.50. The van der Waals surface area contributed by atoms with Crippen LogP contribution in [0.25, 0.3) is 16.6 Å². The van der Waals surface area contributed by atoms with Crippen molar-refractivity contribution in [3.63, 3.8) is 0 Å². The molecule has 174 valence electrons.